The molecule has 0 saturated carbocycles. The van der Waals surface area contributed by atoms with Crippen LogP contribution in [0.1, 0.15) is 27.1 Å². The minimum atomic E-state index is -0.746. The van der Waals surface area contributed by atoms with Crippen molar-refractivity contribution in [1.82, 2.24) is 0 Å². The number of nitrogens with one attached hydrogen (secondary N) is 1. The van der Waals surface area contributed by atoms with Crippen LogP contribution in [-0.4, -0.2) is 37.6 Å². The fourth-order valence-corrected chi connectivity index (χ4v) is 3.40. The number of primary amides is 1. The Morgan fingerprint density at radius 2 is 2.04 bits per heavy atom. The molecule has 3 rings (SSSR count). The molecule has 0 unspecified atom stereocenters. The van der Waals surface area contributed by atoms with E-state index in [9.17, 15) is 14.4 Å². The first-order valence-electron chi connectivity index (χ1n) is 7.89. The van der Waals surface area contributed by atoms with Crippen molar-refractivity contribution < 1.29 is 28.6 Å². The molecule has 27 heavy (non-hydrogen) atoms. The van der Waals surface area contributed by atoms with Crippen LogP contribution in [0.4, 0.5) is 5.00 Å². The summed E-state index contributed by atoms with van der Waals surface area (Å²) in [4.78, 5) is 35.4. The molecule has 1 aromatic heterocycles. The number of hydrogen-bond acceptors (Lipinski definition) is 7. The number of rotatable bonds is 5. The average molecular weight is 411 g/mol. The maximum Gasteiger partial charge on any atom is 0.338 e. The molecule has 1 aliphatic heterocycles. The molecule has 2 amide bonds. The van der Waals surface area contributed by atoms with Crippen molar-refractivity contribution in [3.8, 4) is 11.5 Å². The highest BCUT2D eigenvalue weighted by Gasteiger charge is 2.20. The van der Waals surface area contributed by atoms with Crippen LogP contribution in [-0.2, 0) is 9.53 Å². The van der Waals surface area contributed by atoms with Gasteiger partial charge in [-0.05, 0) is 23.6 Å². The predicted octanol–water partition coefficient (Wildman–Crippen LogP) is 2.46. The number of anilines is 1. The molecule has 3 N–H and O–H groups in total. The third kappa shape index (κ3) is 4.50. The first kappa shape index (κ1) is 19.0. The molecule has 0 spiro atoms. The third-order valence-electron chi connectivity index (χ3n) is 3.56. The van der Waals surface area contributed by atoms with E-state index >= 15 is 0 Å². The van der Waals surface area contributed by atoms with Crippen molar-refractivity contribution in [3.05, 3.63) is 39.7 Å². The van der Waals surface area contributed by atoms with Gasteiger partial charge in [-0.3, -0.25) is 9.59 Å². The number of benzene rings is 1. The van der Waals surface area contributed by atoms with E-state index < -0.39 is 24.4 Å². The van der Waals surface area contributed by atoms with Gasteiger partial charge in [0, 0.05) is 6.42 Å². The Bertz CT molecular complexity index is 898. The summed E-state index contributed by atoms with van der Waals surface area (Å²) >= 11 is 7.27. The lowest BCUT2D eigenvalue weighted by molar-refractivity contribution is -0.119. The number of ether oxygens (including phenoxy) is 3. The van der Waals surface area contributed by atoms with Crippen LogP contribution in [0, 0.1) is 0 Å². The number of carbonyl (C=O) groups excluding carboxylic acids is 3. The lowest BCUT2D eigenvalue weighted by Crippen LogP contribution is -2.22. The lowest BCUT2D eigenvalue weighted by atomic mass is 10.2. The Morgan fingerprint density at radius 1 is 1.26 bits per heavy atom. The number of halogens is 1. The SMILES string of the molecule is NC(=O)c1ccsc1NC(=O)COC(=O)c1cc(Cl)c2c(c1)OCCCO2. The number of amides is 2. The van der Waals surface area contributed by atoms with Gasteiger partial charge in [-0.25, -0.2) is 4.79 Å². The highest BCUT2D eigenvalue weighted by atomic mass is 35.5. The van der Waals surface area contributed by atoms with Gasteiger partial charge in [-0.2, -0.15) is 0 Å². The van der Waals surface area contributed by atoms with Crippen LogP contribution in [0.15, 0.2) is 23.6 Å². The zero-order chi connectivity index (χ0) is 19.4. The molecular formula is C17H15ClN2O6S. The van der Waals surface area contributed by atoms with E-state index in [4.69, 9.17) is 31.5 Å². The van der Waals surface area contributed by atoms with Gasteiger partial charge < -0.3 is 25.3 Å². The van der Waals surface area contributed by atoms with Crippen LogP contribution in [0.2, 0.25) is 5.02 Å². The molecule has 0 fully saturated rings. The molecular weight excluding hydrogens is 396 g/mol. The Labute approximate surface area is 163 Å². The summed E-state index contributed by atoms with van der Waals surface area (Å²) in [7, 11) is 0. The molecule has 0 atom stereocenters. The molecule has 1 aliphatic rings. The maximum absolute atomic E-state index is 12.2. The smallest absolute Gasteiger partial charge is 0.338 e. The third-order valence-corrected chi connectivity index (χ3v) is 4.67. The lowest BCUT2D eigenvalue weighted by Gasteiger charge is -2.11. The molecule has 8 nitrogen and oxygen atoms in total. The zero-order valence-corrected chi connectivity index (χ0v) is 15.5. The number of carbonyl (C=O) groups is 3. The number of esters is 1. The number of fused-ring (bicyclic) bond motifs is 1. The van der Waals surface area contributed by atoms with Crippen LogP contribution < -0.4 is 20.5 Å². The average Bonchev–Trinajstić information content (AvgIpc) is 2.95. The molecule has 2 aromatic rings. The number of nitrogens with two attached hydrogens (primary N) is 1. The second kappa shape index (κ2) is 8.28. The zero-order valence-electron chi connectivity index (χ0n) is 14.0. The van der Waals surface area contributed by atoms with E-state index in [1.807, 2.05) is 0 Å². The van der Waals surface area contributed by atoms with Gasteiger partial charge >= 0.3 is 5.97 Å². The highest BCUT2D eigenvalue weighted by Crippen LogP contribution is 2.38. The molecule has 142 valence electrons. The Morgan fingerprint density at radius 3 is 2.81 bits per heavy atom. The van der Waals surface area contributed by atoms with E-state index in [0.717, 1.165) is 11.3 Å². The van der Waals surface area contributed by atoms with Crippen molar-refractivity contribution >= 4 is 45.7 Å². The molecule has 0 saturated heterocycles. The largest absolute Gasteiger partial charge is 0.489 e. The summed E-state index contributed by atoms with van der Waals surface area (Å²) in [6.07, 6.45) is 0.695. The standard InChI is InChI=1S/C17H15ClN2O6S/c18-11-6-9(7-12-14(11)25-4-1-3-24-12)17(23)26-8-13(21)20-16-10(15(19)22)2-5-27-16/h2,5-7H,1,3-4,8H2,(H2,19,22)(H,20,21). The number of hydrogen-bond donors (Lipinski definition) is 2. The molecule has 0 bridgehead atoms. The normalized spacial score (nSPS) is 12.8. The quantitative estimate of drug-likeness (QED) is 0.731. The van der Waals surface area contributed by atoms with Crippen molar-refractivity contribution in [2.75, 3.05) is 25.1 Å². The topological polar surface area (TPSA) is 117 Å². The molecule has 2 heterocycles. The van der Waals surface area contributed by atoms with Gasteiger partial charge in [-0.1, -0.05) is 11.6 Å². The first-order chi connectivity index (χ1) is 13.0. The minimum Gasteiger partial charge on any atom is -0.489 e. The van der Waals surface area contributed by atoms with Gasteiger partial charge in [-0.15, -0.1) is 11.3 Å². The van der Waals surface area contributed by atoms with Crippen LogP contribution in [0.3, 0.4) is 0 Å². The van der Waals surface area contributed by atoms with E-state index in [1.54, 1.807) is 5.38 Å². The van der Waals surface area contributed by atoms with Crippen LogP contribution in [0.5, 0.6) is 11.5 Å². The van der Waals surface area contributed by atoms with Gasteiger partial charge in [0.1, 0.15) is 5.00 Å². The molecule has 0 radical (unpaired) electrons. The van der Waals surface area contributed by atoms with Gasteiger partial charge in [0.05, 0.1) is 29.4 Å². The van der Waals surface area contributed by atoms with Gasteiger partial charge in [0.2, 0.25) is 0 Å². The van der Waals surface area contributed by atoms with Crippen molar-refractivity contribution in [2.24, 2.45) is 5.73 Å². The van der Waals surface area contributed by atoms with E-state index in [-0.39, 0.29) is 16.1 Å². The Hall–Kier alpha value is -2.78. The predicted molar refractivity (Wildman–Crippen MR) is 98.8 cm³/mol. The van der Waals surface area contributed by atoms with Gasteiger partial charge in [0.25, 0.3) is 11.8 Å². The molecule has 0 aliphatic carbocycles. The summed E-state index contributed by atoms with van der Waals surface area (Å²) in [5.41, 5.74) is 5.53. The molecule has 10 heteroatoms. The number of thiophene rings is 1. The van der Waals surface area contributed by atoms with Gasteiger partial charge in [0.15, 0.2) is 18.1 Å². The molecule has 1 aromatic carbocycles. The summed E-state index contributed by atoms with van der Waals surface area (Å²) < 4.78 is 16.0. The van der Waals surface area contributed by atoms with Crippen molar-refractivity contribution in [2.45, 2.75) is 6.42 Å². The highest BCUT2D eigenvalue weighted by molar-refractivity contribution is 7.14. The summed E-state index contributed by atoms with van der Waals surface area (Å²) in [5.74, 6) is -1.29. The second-order valence-electron chi connectivity index (χ2n) is 5.49. The van der Waals surface area contributed by atoms with Crippen molar-refractivity contribution in [3.63, 3.8) is 0 Å². The van der Waals surface area contributed by atoms with E-state index in [1.165, 1.54) is 18.2 Å². The fraction of sp³-hybridized carbons (Fsp3) is 0.235. The Balaban J connectivity index is 1.63. The minimum absolute atomic E-state index is 0.131. The van der Waals surface area contributed by atoms with Crippen molar-refractivity contribution in [1.29, 1.82) is 0 Å². The van der Waals surface area contributed by atoms with Crippen LogP contribution >= 0.6 is 22.9 Å². The first-order valence-corrected chi connectivity index (χ1v) is 9.15. The van der Waals surface area contributed by atoms with Crippen LogP contribution in [0.25, 0.3) is 0 Å². The van der Waals surface area contributed by atoms with E-state index in [2.05, 4.69) is 5.32 Å². The summed E-state index contributed by atoms with van der Waals surface area (Å²) in [5, 5.41) is 4.60. The Kier molecular flexibility index (Phi) is 5.82. The van der Waals surface area contributed by atoms with E-state index in [0.29, 0.717) is 36.1 Å². The maximum atomic E-state index is 12.2. The summed E-state index contributed by atoms with van der Waals surface area (Å²) in [6.45, 7) is 0.362. The summed E-state index contributed by atoms with van der Waals surface area (Å²) in [6, 6.07) is 4.34. The fourth-order valence-electron chi connectivity index (χ4n) is 2.33. The second-order valence-corrected chi connectivity index (χ2v) is 6.81. The monoisotopic (exact) mass is 410 g/mol.